The van der Waals surface area contributed by atoms with E-state index in [2.05, 4.69) is 5.32 Å². The van der Waals surface area contributed by atoms with Gasteiger partial charge in [-0.3, -0.25) is 4.79 Å². The lowest BCUT2D eigenvalue weighted by Crippen LogP contribution is -2.14. The Morgan fingerprint density at radius 1 is 0.862 bits per heavy atom. The van der Waals surface area contributed by atoms with Gasteiger partial charge >= 0.3 is 0 Å². The van der Waals surface area contributed by atoms with Crippen molar-refractivity contribution in [3.63, 3.8) is 0 Å². The maximum absolute atomic E-state index is 13.3. The standard InChI is InChI=1S/C24H18Cl2N2O/c1-14-6-5-7-15(2)23(14)28-24(29)18-13-22(16-10-11-19(25)20(26)12-16)27-21-9-4-3-8-17(18)21/h3-13H,1-2H3,(H,28,29). The number of carbonyl (C=O) groups excluding carboxylic acids is 1. The zero-order valence-corrected chi connectivity index (χ0v) is 17.5. The van der Waals surface area contributed by atoms with Crippen molar-refractivity contribution in [3.05, 3.63) is 93.5 Å². The number of hydrogen-bond donors (Lipinski definition) is 1. The molecule has 144 valence electrons. The van der Waals surface area contributed by atoms with Crippen LogP contribution in [0.15, 0.2) is 66.7 Å². The molecule has 0 bridgehead atoms. The molecule has 0 radical (unpaired) electrons. The van der Waals surface area contributed by atoms with Crippen molar-refractivity contribution in [1.82, 2.24) is 4.98 Å². The van der Waals surface area contributed by atoms with Gasteiger partial charge in [0.1, 0.15) is 0 Å². The average molecular weight is 421 g/mol. The molecule has 1 N–H and O–H groups in total. The largest absolute Gasteiger partial charge is 0.321 e. The Hall–Kier alpha value is -2.88. The number of para-hydroxylation sites is 2. The molecule has 0 saturated heterocycles. The number of benzene rings is 3. The van der Waals surface area contributed by atoms with E-state index in [1.54, 1.807) is 18.2 Å². The Kier molecular flexibility index (Phi) is 5.27. The molecule has 0 aliphatic rings. The van der Waals surface area contributed by atoms with E-state index in [4.69, 9.17) is 28.2 Å². The summed E-state index contributed by atoms with van der Waals surface area (Å²) in [6.07, 6.45) is 0. The maximum Gasteiger partial charge on any atom is 0.256 e. The number of pyridine rings is 1. The second-order valence-corrected chi connectivity index (χ2v) is 7.74. The fraction of sp³-hybridized carbons (Fsp3) is 0.0833. The van der Waals surface area contributed by atoms with Gasteiger partial charge in [0.2, 0.25) is 0 Å². The minimum Gasteiger partial charge on any atom is -0.321 e. The van der Waals surface area contributed by atoms with Gasteiger partial charge in [-0.2, -0.15) is 0 Å². The number of nitrogens with zero attached hydrogens (tertiary/aromatic N) is 1. The first-order valence-corrected chi connectivity index (χ1v) is 9.92. The molecule has 0 fully saturated rings. The molecular weight excluding hydrogens is 403 g/mol. The van der Waals surface area contributed by atoms with Crippen molar-refractivity contribution in [1.29, 1.82) is 0 Å². The van der Waals surface area contributed by atoms with E-state index < -0.39 is 0 Å². The first-order chi connectivity index (χ1) is 13.9. The summed E-state index contributed by atoms with van der Waals surface area (Å²) in [6, 6.07) is 20.7. The quantitative estimate of drug-likeness (QED) is 0.384. The van der Waals surface area contributed by atoms with Crippen molar-refractivity contribution in [3.8, 4) is 11.3 Å². The van der Waals surface area contributed by atoms with Gasteiger partial charge in [-0.15, -0.1) is 0 Å². The second kappa shape index (κ2) is 7.86. The van der Waals surface area contributed by atoms with Crippen LogP contribution in [-0.2, 0) is 0 Å². The minimum absolute atomic E-state index is 0.178. The molecule has 0 aliphatic heterocycles. The van der Waals surface area contributed by atoms with E-state index in [1.165, 1.54) is 0 Å². The van der Waals surface area contributed by atoms with Crippen molar-refractivity contribution < 1.29 is 4.79 Å². The predicted molar refractivity (Wildman–Crippen MR) is 121 cm³/mol. The number of aryl methyl sites for hydroxylation is 2. The molecule has 1 aromatic heterocycles. The number of fused-ring (bicyclic) bond motifs is 1. The zero-order valence-electron chi connectivity index (χ0n) is 16.0. The van der Waals surface area contributed by atoms with E-state index in [1.807, 2.05) is 62.4 Å². The summed E-state index contributed by atoms with van der Waals surface area (Å²) >= 11 is 12.2. The summed E-state index contributed by atoms with van der Waals surface area (Å²) in [5.74, 6) is -0.178. The van der Waals surface area contributed by atoms with Crippen molar-refractivity contribution >= 4 is 45.7 Å². The smallest absolute Gasteiger partial charge is 0.256 e. The lowest BCUT2D eigenvalue weighted by molar-refractivity contribution is 0.102. The highest BCUT2D eigenvalue weighted by Gasteiger charge is 2.16. The van der Waals surface area contributed by atoms with Crippen molar-refractivity contribution in [2.75, 3.05) is 5.32 Å². The van der Waals surface area contributed by atoms with Crippen LogP contribution in [0.3, 0.4) is 0 Å². The lowest BCUT2D eigenvalue weighted by atomic mass is 10.0. The number of carbonyl (C=O) groups is 1. The lowest BCUT2D eigenvalue weighted by Gasteiger charge is -2.14. The fourth-order valence-electron chi connectivity index (χ4n) is 3.36. The second-order valence-electron chi connectivity index (χ2n) is 6.92. The van der Waals surface area contributed by atoms with Crippen LogP contribution in [-0.4, -0.2) is 10.9 Å². The van der Waals surface area contributed by atoms with Gasteiger partial charge in [-0.25, -0.2) is 4.98 Å². The molecule has 4 rings (SSSR count). The van der Waals surface area contributed by atoms with Gasteiger partial charge in [-0.05, 0) is 49.2 Å². The van der Waals surface area contributed by atoms with Crippen LogP contribution in [0.2, 0.25) is 10.0 Å². The third-order valence-electron chi connectivity index (χ3n) is 4.90. The van der Waals surface area contributed by atoms with Gasteiger partial charge < -0.3 is 5.32 Å². The molecule has 4 aromatic rings. The molecule has 3 aromatic carbocycles. The Morgan fingerprint density at radius 3 is 2.31 bits per heavy atom. The number of nitrogens with one attached hydrogen (secondary N) is 1. The van der Waals surface area contributed by atoms with Gasteiger partial charge in [0.05, 0.1) is 26.8 Å². The monoisotopic (exact) mass is 420 g/mol. The number of anilines is 1. The third kappa shape index (κ3) is 3.84. The van der Waals surface area contributed by atoms with Crippen LogP contribution in [0.5, 0.6) is 0 Å². The number of aromatic nitrogens is 1. The highest BCUT2D eigenvalue weighted by atomic mass is 35.5. The van der Waals surface area contributed by atoms with E-state index in [-0.39, 0.29) is 5.91 Å². The number of amides is 1. The summed E-state index contributed by atoms with van der Waals surface area (Å²) in [6.45, 7) is 3.96. The van der Waals surface area contributed by atoms with Gasteiger partial charge in [0.15, 0.2) is 0 Å². The first kappa shape index (κ1) is 19.4. The van der Waals surface area contributed by atoms with Crippen LogP contribution in [0.1, 0.15) is 21.5 Å². The molecule has 3 nitrogen and oxygen atoms in total. The molecule has 0 saturated carbocycles. The molecule has 1 amide bonds. The highest BCUT2D eigenvalue weighted by Crippen LogP contribution is 2.31. The molecular formula is C24H18Cl2N2O. The van der Waals surface area contributed by atoms with Crippen molar-refractivity contribution in [2.24, 2.45) is 0 Å². The van der Waals surface area contributed by atoms with E-state index in [0.717, 1.165) is 33.3 Å². The summed E-state index contributed by atoms with van der Waals surface area (Å²) in [4.78, 5) is 18.0. The number of halogens is 2. The van der Waals surface area contributed by atoms with Crippen LogP contribution in [0.4, 0.5) is 5.69 Å². The van der Waals surface area contributed by atoms with Gasteiger partial charge in [0, 0.05) is 16.6 Å². The Bertz CT molecular complexity index is 1230. The summed E-state index contributed by atoms with van der Waals surface area (Å²) in [7, 11) is 0. The first-order valence-electron chi connectivity index (χ1n) is 9.17. The number of hydrogen-bond acceptors (Lipinski definition) is 2. The van der Waals surface area contributed by atoms with Crippen LogP contribution < -0.4 is 5.32 Å². The average Bonchev–Trinajstić information content (AvgIpc) is 2.72. The highest BCUT2D eigenvalue weighted by molar-refractivity contribution is 6.42. The van der Waals surface area contributed by atoms with E-state index in [9.17, 15) is 4.79 Å². The molecule has 5 heteroatoms. The Morgan fingerprint density at radius 2 is 1.59 bits per heavy atom. The summed E-state index contributed by atoms with van der Waals surface area (Å²) in [5.41, 5.74) is 5.61. The van der Waals surface area contributed by atoms with Crippen molar-refractivity contribution in [2.45, 2.75) is 13.8 Å². The summed E-state index contributed by atoms with van der Waals surface area (Å²) in [5, 5.41) is 4.79. The molecule has 0 atom stereocenters. The van der Waals surface area contributed by atoms with Crippen LogP contribution in [0, 0.1) is 13.8 Å². The Labute approximate surface area is 179 Å². The van der Waals surface area contributed by atoms with E-state index in [0.29, 0.717) is 21.3 Å². The molecule has 0 unspecified atom stereocenters. The van der Waals surface area contributed by atoms with Gasteiger partial charge in [-0.1, -0.05) is 65.7 Å². The van der Waals surface area contributed by atoms with Crippen LogP contribution >= 0.6 is 23.2 Å². The van der Waals surface area contributed by atoms with E-state index >= 15 is 0 Å². The topological polar surface area (TPSA) is 42.0 Å². The van der Waals surface area contributed by atoms with Crippen LogP contribution in [0.25, 0.3) is 22.2 Å². The predicted octanol–water partition coefficient (Wildman–Crippen LogP) is 7.08. The molecule has 29 heavy (non-hydrogen) atoms. The fourth-order valence-corrected chi connectivity index (χ4v) is 3.66. The maximum atomic E-state index is 13.3. The third-order valence-corrected chi connectivity index (χ3v) is 5.63. The number of rotatable bonds is 3. The Balaban J connectivity index is 1.84. The molecule has 0 spiro atoms. The zero-order chi connectivity index (χ0) is 20.5. The summed E-state index contributed by atoms with van der Waals surface area (Å²) < 4.78 is 0. The minimum atomic E-state index is -0.178. The molecule has 0 aliphatic carbocycles. The van der Waals surface area contributed by atoms with Gasteiger partial charge in [0.25, 0.3) is 5.91 Å². The SMILES string of the molecule is Cc1cccc(C)c1NC(=O)c1cc(-c2ccc(Cl)c(Cl)c2)nc2ccccc12. The normalized spacial score (nSPS) is 10.9. The molecule has 1 heterocycles.